The first-order valence-corrected chi connectivity index (χ1v) is 9.18. The number of aryl methyl sites for hydroxylation is 2. The number of nitrogens with one attached hydrogen (secondary N) is 1. The molecule has 1 atom stereocenters. The Labute approximate surface area is 148 Å². The summed E-state index contributed by atoms with van der Waals surface area (Å²) in [5, 5.41) is 0. The minimum Gasteiger partial charge on any atom is -0.354 e. The predicted molar refractivity (Wildman–Crippen MR) is 97.0 cm³/mol. The largest absolute Gasteiger partial charge is 0.354 e. The third-order valence-electron chi connectivity index (χ3n) is 5.63. The molecule has 1 aromatic carbocycles. The molecule has 4 nitrogen and oxygen atoms in total. The number of carbonyl (C=O) groups excluding carboxylic acids is 2. The minimum atomic E-state index is 0.0303. The van der Waals surface area contributed by atoms with E-state index < -0.39 is 0 Å². The van der Waals surface area contributed by atoms with Crippen molar-refractivity contribution < 1.29 is 9.59 Å². The lowest BCUT2D eigenvalue weighted by Gasteiger charge is -2.25. The van der Waals surface area contributed by atoms with Gasteiger partial charge in [0.05, 0.1) is 6.04 Å². The van der Waals surface area contributed by atoms with Gasteiger partial charge in [0, 0.05) is 24.2 Å². The molecule has 1 N–H and O–H groups in total. The molecule has 4 rings (SSSR count). The molecule has 1 saturated heterocycles. The lowest BCUT2D eigenvalue weighted by atomic mass is 9.93. The summed E-state index contributed by atoms with van der Waals surface area (Å²) in [6.45, 7) is 4.75. The van der Waals surface area contributed by atoms with Gasteiger partial charge in [0.2, 0.25) is 0 Å². The number of aromatic nitrogens is 1. The summed E-state index contributed by atoms with van der Waals surface area (Å²) in [7, 11) is 0. The second-order valence-corrected chi connectivity index (χ2v) is 7.32. The van der Waals surface area contributed by atoms with Gasteiger partial charge >= 0.3 is 0 Å². The highest BCUT2D eigenvalue weighted by molar-refractivity contribution is 6.04. The summed E-state index contributed by atoms with van der Waals surface area (Å²) in [6.07, 6.45) is 4.33. The van der Waals surface area contributed by atoms with Crippen LogP contribution in [0.1, 0.15) is 75.0 Å². The molecule has 1 unspecified atom stereocenters. The summed E-state index contributed by atoms with van der Waals surface area (Å²) >= 11 is 0. The molecular weight excluding hydrogens is 312 g/mol. The zero-order valence-corrected chi connectivity index (χ0v) is 14.9. The molecule has 25 heavy (non-hydrogen) atoms. The summed E-state index contributed by atoms with van der Waals surface area (Å²) in [5.41, 5.74) is 5.58. The Morgan fingerprint density at radius 1 is 1.12 bits per heavy atom. The van der Waals surface area contributed by atoms with Crippen molar-refractivity contribution in [2.45, 2.75) is 52.0 Å². The van der Waals surface area contributed by atoms with Crippen LogP contribution in [0.5, 0.6) is 0 Å². The average molecular weight is 336 g/mol. The van der Waals surface area contributed by atoms with Crippen molar-refractivity contribution in [1.82, 2.24) is 9.88 Å². The van der Waals surface area contributed by atoms with Gasteiger partial charge in [0.1, 0.15) is 5.69 Å². The zero-order chi connectivity index (χ0) is 17.6. The molecule has 2 heterocycles. The normalized spacial score (nSPS) is 20.0. The molecule has 130 valence electrons. The van der Waals surface area contributed by atoms with E-state index in [1.807, 2.05) is 11.8 Å². The Morgan fingerprint density at radius 2 is 1.88 bits per heavy atom. The van der Waals surface area contributed by atoms with Crippen molar-refractivity contribution in [2.75, 3.05) is 6.54 Å². The van der Waals surface area contributed by atoms with E-state index in [0.717, 1.165) is 49.0 Å². The highest BCUT2D eigenvalue weighted by Crippen LogP contribution is 2.35. The summed E-state index contributed by atoms with van der Waals surface area (Å²) in [4.78, 5) is 30.7. The topological polar surface area (TPSA) is 53.2 Å². The number of carbonyl (C=O) groups is 2. The highest BCUT2D eigenvalue weighted by Gasteiger charge is 2.34. The van der Waals surface area contributed by atoms with Crippen LogP contribution in [0.25, 0.3) is 0 Å². The van der Waals surface area contributed by atoms with Crippen molar-refractivity contribution in [3.05, 3.63) is 57.9 Å². The van der Waals surface area contributed by atoms with Crippen LogP contribution in [0, 0.1) is 13.8 Å². The molecule has 1 aliphatic carbocycles. The van der Waals surface area contributed by atoms with Crippen molar-refractivity contribution >= 4 is 11.7 Å². The van der Waals surface area contributed by atoms with Crippen molar-refractivity contribution in [3.63, 3.8) is 0 Å². The SMILES string of the molecule is Cc1ccc(C2CCCN2C(=O)c2[nH]c3c(c2C)C(=O)CCC3)cc1. The first kappa shape index (κ1) is 16.1. The summed E-state index contributed by atoms with van der Waals surface area (Å²) < 4.78 is 0. The molecule has 0 saturated carbocycles. The van der Waals surface area contributed by atoms with Gasteiger partial charge < -0.3 is 9.88 Å². The Bertz CT molecular complexity index is 832. The number of rotatable bonds is 2. The van der Waals surface area contributed by atoms with E-state index in [-0.39, 0.29) is 17.7 Å². The third-order valence-corrected chi connectivity index (χ3v) is 5.63. The van der Waals surface area contributed by atoms with Gasteiger partial charge in [0.15, 0.2) is 5.78 Å². The lowest BCUT2D eigenvalue weighted by Crippen LogP contribution is -2.31. The van der Waals surface area contributed by atoms with E-state index in [0.29, 0.717) is 12.1 Å². The van der Waals surface area contributed by atoms with Crippen LogP contribution in [-0.2, 0) is 6.42 Å². The summed E-state index contributed by atoms with van der Waals surface area (Å²) in [6, 6.07) is 8.59. The average Bonchev–Trinajstić information content (AvgIpc) is 3.21. The molecule has 1 aliphatic heterocycles. The number of likely N-dealkylation sites (tertiary alicyclic amines) is 1. The lowest BCUT2D eigenvalue weighted by molar-refractivity contribution is 0.0729. The van der Waals surface area contributed by atoms with E-state index in [1.165, 1.54) is 11.1 Å². The monoisotopic (exact) mass is 336 g/mol. The number of nitrogens with zero attached hydrogens (tertiary/aromatic N) is 1. The highest BCUT2D eigenvalue weighted by atomic mass is 16.2. The molecule has 1 fully saturated rings. The van der Waals surface area contributed by atoms with E-state index >= 15 is 0 Å². The third kappa shape index (κ3) is 2.70. The van der Waals surface area contributed by atoms with E-state index in [4.69, 9.17) is 0 Å². The van der Waals surface area contributed by atoms with Gasteiger partial charge in [0.25, 0.3) is 5.91 Å². The van der Waals surface area contributed by atoms with Gasteiger partial charge in [-0.1, -0.05) is 29.8 Å². The maximum atomic E-state index is 13.2. The van der Waals surface area contributed by atoms with E-state index in [1.54, 1.807) is 0 Å². The first-order chi connectivity index (χ1) is 12.1. The van der Waals surface area contributed by atoms with Crippen LogP contribution in [0.15, 0.2) is 24.3 Å². The molecule has 0 bridgehead atoms. The number of hydrogen-bond donors (Lipinski definition) is 1. The number of amides is 1. The molecule has 0 spiro atoms. The number of fused-ring (bicyclic) bond motifs is 1. The standard InChI is InChI=1S/C21H24N2O2/c1-13-8-10-15(11-9-13)17-6-4-12-23(17)21(25)20-14(2)19-16(22-20)5-3-7-18(19)24/h8-11,17,22H,3-7,12H2,1-2H3. The predicted octanol–water partition coefficient (Wildman–Crippen LogP) is 4.13. The molecule has 2 aromatic rings. The Morgan fingerprint density at radius 3 is 2.60 bits per heavy atom. The Hall–Kier alpha value is -2.36. The smallest absolute Gasteiger partial charge is 0.271 e. The number of hydrogen-bond acceptors (Lipinski definition) is 2. The van der Waals surface area contributed by atoms with Crippen LogP contribution >= 0.6 is 0 Å². The van der Waals surface area contributed by atoms with Gasteiger partial charge in [-0.25, -0.2) is 0 Å². The van der Waals surface area contributed by atoms with Gasteiger partial charge in [-0.2, -0.15) is 0 Å². The molecule has 1 aromatic heterocycles. The number of benzene rings is 1. The van der Waals surface area contributed by atoms with Gasteiger partial charge in [-0.3, -0.25) is 9.59 Å². The number of Topliss-reactive ketones (excluding diaryl/α,β-unsaturated/α-hetero) is 1. The van der Waals surface area contributed by atoms with Crippen molar-refractivity contribution in [3.8, 4) is 0 Å². The molecule has 0 radical (unpaired) electrons. The Kier molecular flexibility index (Phi) is 3.98. The van der Waals surface area contributed by atoms with E-state index in [2.05, 4.69) is 36.2 Å². The van der Waals surface area contributed by atoms with Crippen LogP contribution in [0.4, 0.5) is 0 Å². The first-order valence-electron chi connectivity index (χ1n) is 9.18. The Balaban J connectivity index is 1.66. The van der Waals surface area contributed by atoms with E-state index in [9.17, 15) is 9.59 Å². The van der Waals surface area contributed by atoms with Crippen LogP contribution in [0.3, 0.4) is 0 Å². The molecule has 2 aliphatic rings. The van der Waals surface area contributed by atoms with Crippen molar-refractivity contribution in [2.24, 2.45) is 0 Å². The van der Waals surface area contributed by atoms with Crippen LogP contribution in [-0.4, -0.2) is 28.1 Å². The fourth-order valence-electron chi connectivity index (χ4n) is 4.28. The molecule has 4 heteroatoms. The maximum Gasteiger partial charge on any atom is 0.271 e. The fourth-order valence-corrected chi connectivity index (χ4v) is 4.28. The summed E-state index contributed by atoms with van der Waals surface area (Å²) in [5.74, 6) is 0.202. The second-order valence-electron chi connectivity index (χ2n) is 7.32. The molecule has 1 amide bonds. The van der Waals surface area contributed by atoms with Crippen LogP contribution in [0.2, 0.25) is 0 Å². The number of aromatic amines is 1. The van der Waals surface area contributed by atoms with Gasteiger partial charge in [-0.15, -0.1) is 0 Å². The second kappa shape index (κ2) is 6.17. The van der Waals surface area contributed by atoms with Crippen LogP contribution < -0.4 is 0 Å². The number of H-pyrrole nitrogens is 1. The fraction of sp³-hybridized carbons (Fsp3) is 0.429. The molecular formula is C21H24N2O2. The van der Waals surface area contributed by atoms with Crippen molar-refractivity contribution in [1.29, 1.82) is 0 Å². The minimum absolute atomic E-state index is 0.0303. The quantitative estimate of drug-likeness (QED) is 0.896. The maximum absolute atomic E-state index is 13.2. The number of ketones is 1. The van der Waals surface area contributed by atoms with Gasteiger partial charge in [-0.05, 0) is 50.7 Å². The zero-order valence-electron chi connectivity index (χ0n) is 14.9.